The van der Waals surface area contributed by atoms with Crippen molar-refractivity contribution in [2.24, 2.45) is 0 Å². The van der Waals surface area contributed by atoms with E-state index in [4.69, 9.17) is 34.8 Å². The molecule has 6 rings (SSSR count). The summed E-state index contributed by atoms with van der Waals surface area (Å²) in [6, 6.07) is 10.7. The molecule has 4 heterocycles. The van der Waals surface area contributed by atoms with Crippen LogP contribution in [0.1, 0.15) is 0 Å². The maximum Gasteiger partial charge on any atom is 0.270 e. The Balaban J connectivity index is 1.41. The first kappa shape index (κ1) is 23.1. The number of nitrogens with zero attached hydrogens (tertiary/aromatic N) is 6. The van der Waals surface area contributed by atoms with Gasteiger partial charge in [0, 0.05) is 50.5 Å². The zero-order valence-corrected chi connectivity index (χ0v) is 21.0. The molecular formula is C24H19Cl3N8O. The van der Waals surface area contributed by atoms with Gasteiger partial charge < -0.3 is 15.5 Å². The van der Waals surface area contributed by atoms with E-state index in [0.717, 1.165) is 31.9 Å². The minimum atomic E-state index is -0.324. The maximum absolute atomic E-state index is 13.4. The van der Waals surface area contributed by atoms with Crippen molar-refractivity contribution < 1.29 is 0 Å². The number of anilines is 3. The number of hydrogen-bond acceptors (Lipinski definition) is 7. The normalized spacial score (nSPS) is 14.0. The highest BCUT2D eigenvalue weighted by atomic mass is 35.5. The largest absolute Gasteiger partial charge is 0.367 e. The molecule has 2 N–H and O–H groups in total. The molecule has 2 aromatic carbocycles. The lowest BCUT2D eigenvalue weighted by atomic mass is 10.2. The Labute approximate surface area is 220 Å². The van der Waals surface area contributed by atoms with Crippen LogP contribution in [0.3, 0.4) is 0 Å². The van der Waals surface area contributed by atoms with Crippen LogP contribution in [0.4, 0.5) is 17.3 Å². The average molecular weight is 542 g/mol. The summed E-state index contributed by atoms with van der Waals surface area (Å²) in [5.74, 6) is 0.672. The van der Waals surface area contributed by atoms with Gasteiger partial charge in [0.2, 0.25) is 11.7 Å². The second-order valence-electron chi connectivity index (χ2n) is 8.27. The Bertz CT molecular complexity index is 1650. The highest BCUT2D eigenvalue weighted by molar-refractivity contribution is 6.39. The molecule has 1 saturated heterocycles. The first-order valence-electron chi connectivity index (χ1n) is 11.2. The first-order valence-corrected chi connectivity index (χ1v) is 12.4. The lowest BCUT2D eigenvalue weighted by Gasteiger charge is -2.31. The lowest BCUT2D eigenvalue weighted by molar-refractivity contribution is 0.589. The fraction of sp³-hybridized carbons (Fsp3) is 0.167. The maximum atomic E-state index is 13.4. The molecule has 0 radical (unpaired) electrons. The van der Waals surface area contributed by atoms with Crippen molar-refractivity contribution >= 4 is 68.9 Å². The van der Waals surface area contributed by atoms with Gasteiger partial charge in [0.1, 0.15) is 5.39 Å². The fourth-order valence-corrected chi connectivity index (χ4v) is 5.36. The Morgan fingerprint density at radius 2 is 1.72 bits per heavy atom. The number of halogens is 3. The Morgan fingerprint density at radius 1 is 0.972 bits per heavy atom. The highest BCUT2D eigenvalue weighted by Crippen LogP contribution is 2.37. The predicted molar refractivity (Wildman–Crippen MR) is 144 cm³/mol. The SMILES string of the molecule is O=c1c2cnc(Nc3cc(Cl)c(N4CCNCC4)c(Cl)c3)nc2n2ccnc2n1-c1ccccc1Cl. The Kier molecular flexibility index (Phi) is 5.93. The van der Waals surface area contributed by atoms with Crippen molar-refractivity contribution in [3.05, 3.63) is 80.4 Å². The number of para-hydroxylation sites is 1. The van der Waals surface area contributed by atoms with E-state index in [1.54, 1.807) is 47.1 Å². The van der Waals surface area contributed by atoms with Crippen molar-refractivity contribution in [1.29, 1.82) is 0 Å². The molecule has 0 bridgehead atoms. The topological polar surface area (TPSA) is 92.4 Å². The summed E-state index contributed by atoms with van der Waals surface area (Å²) in [6.07, 6.45) is 4.82. The predicted octanol–water partition coefficient (Wildman–Crippen LogP) is 4.54. The monoisotopic (exact) mass is 540 g/mol. The van der Waals surface area contributed by atoms with Crippen LogP contribution >= 0.6 is 34.8 Å². The standard InChI is InChI=1S/C24H19Cl3N8O/c25-16-3-1-2-4-19(16)35-22(36)15-13-30-23(32-21(15)34-10-7-29-24(34)35)31-14-11-17(26)20(18(27)12-14)33-8-5-28-6-9-33/h1-4,7,10-13,28H,5-6,8-9H2,(H,30,31,32). The van der Waals surface area contributed by atoms with Gasteiger partial charge in [-0.15, -0.1) is 0 Å². The summed E-state index contributed by atoms with van der Waals surface area (Å²) in [7, 11) is 0. The van der Waals surface area contributed by atoms with E-state index in [1.807, 2.05) is 6.07 Å². The molecule has 0 unspecified atom stereocenters. The molecule has 1 aliphatic rings. The third kappa shape index (κ3) is 3.94. The van der Waals surface area contributed by atoms with E-state index in [-0.39, 0.29) is 11.5 Å². The number of imidazole rings is 1. The molecule has 3 aromatic heterocycles. The molecule has 182 valence electrons. The molecule has 0 aliphatic carbocycles. The number of aromatic nitrogens is 5. The van der Waals surface area contributed by atoms with Crippen LogP contribution in [-0.2, 0) is 0 Å². The van der Waals surface area contributed by atoms with E-state index in [1.165, 1.54) is 10.8 Å². The van der Waals surface area contributed by atoms with Crippen molar-refractivity contribution in [2.45, 2.75) is 0 Å². The minimum absolute atomic E-state index is 0.287. The van der Waals surface area contributed by atoms with Gasteiger partial charge in [0.25, 0.3) is 5.56 Å². The third-order valence-electron chi connectivity index (χ3n) is 6.05. The zero-order valence-electron chi connectivity index (χ0n) is 18.8. The first-order chi connectivity index (χ1) is 17.5. The number of nitrogens with one attached hydrogen (secondary N) is 2. The molecule has 5 aromatic rings. The van der Waals surface area contributed by atoms with Crippen molar-refractivity contribution in [1.82, 2.24) is 29.2 Å². The van der Waals surface area contributed by atoms with Crippen LogP contribution in [-0.4, -0.2) is 50.1 Å². The van der Waals surface area contributed by atoms with Gasteiger partial charge in [-0.25, -0.2) is 14.5 Å². The quantitative estimate of drug-likeness (QED) is 0.345. The van der Waals surface area contributed by atoms with Gasteiger partial charge in [-0.2, -0.15) is 4.98 Å². The van der Waals surface area contributed by atoms with Gasteiger partial charge in [0.15, 0.2) is 5.65 Å². The van der Waals surface area contributed by atoms with Crippen LogP contribution in [0.2, 0.25) is 15.1 Å². The molecule has 1 aliphatic heterocycles. The summed E-state index contributed by atoms with van der Waals surface area (Å²) in [6.45, 7) is 3.40. The molecule has 0 spiro atoms. The Morgan fingerprint density at radius 3 is 2.47 bits per heavy atom. The molecule has 12 heteroatoms. The van der Waals surface area contributed by atoms with Crippen molar-refractivity contribution in [3.8, 4) is 5.69 Å². The molecule has 0 saturated carbocycles. The number of rotatable bonds is 4. The zero-order chi connectivity index (χ0) is 24.8. The van der Waals surface area contributed by atoms with Crippen molar-refractivity contribution in [3.63, 3.8) is 0 Å². The van der Waals surface area contributed by atoms with Gasteiger partial charge in [-0.05, 0) is 24.3 Å². The summed E-state index contributed by atoms with van der Waals surface area (Å²) >= 11 is 19.6. The minimum Gasteiger partial charge on any atom is -0.367 e. The molecular weight excluding hydrogens is 523 g/mol. The molecule has 0 amide bonds. The van der Waals surface area contributed by atoms with Gasteiger partial charge >= 0.3 is 0 Å². The number of piperazine rings is 1. The Hall–Kier alpha value is -3.37. The molecule has 0 atom stereocenters. The number of fused-ring (bicyclic) bond motifs is 3. The fourth-order valence-electron chi connectivity index (χ4n) is 4.41. The summed E-state index contributed by atoms with van der Waals surface area (Å²) < 4.78 is 3.18. The van der Waals surface area contributed by atoms with Gasteiger partial charge in [0.05, 0.1) is 26.4 Å². The van der Waals surface area contributed by atoms with Crippen LogP contribution < -0.4 is 21.1 Å². The number of benzene rings is 2. The van der Waals surface area contributed by atoms with E-state index >= 15 is 0 Å². The van der Waals surface area contributed by atoms with Crippen LogP contribution in [0.15, 0.2) is 59.8 Å². The summed E-state index contributed by atoms with van der Waals surface area (Å²) in [5.41, 5.74) is 2.05. The van der Waals surface area contributed by atoms with Crippen LogP contribution in [0.25, 0.3) is 22.5 Å². The number of hydrogen-bond donors (Lipinski definition) is 2. The third-order valence-corrected chi connectivity index (χ3v) is 6.95. The average Bonchev–Trinajstić information content (AvgIpc) is 3.35. The molecule has 9 nitrogen and oxygen atoms in total. The van der Waals surface area contributed by atoms with Gasteiger partial charge in [-0.1, -0.05) is 46.9 Å². The summed E-state index contributed by atoms with van der Waals surface area (Å²) in [4.78, 5) is 29.0. The van der Waals surface area contributed by atoms with Gasteiger partial charge in [-0.3, -0.25) is 9.20 Å². The second-order valence-corrected chi connectivity index (χ2v) is 9.49. The highest BCUT2D eigenvalue weighted by Gasteiger charge is 2.19. The lowest BCUT2D eigenvalue weighted by Crippen LogP contribution is -2.43. The molecule has 36 heavy (non-hydrogen) atoms. The molecule has 1 fully saturated rings. The second kappa shape index (κ2) is 9.25. The van der Waals surface area contributed by atoms with E-state index in [2.05, 4.69) is 30.5 Å². The smallest absolute Gasteiger partial charge is 0.270 e. The van der Waals surface area contributed by atoms with Crippen LogP contribution in [0.5, 0.6) is 0 Å². The van der Waals surface area contributed by atoms with Crippen molar-refractivity contribution in [2.75, 3.05) is 36.4 Å². The van der Waals surface area contributed by atoms with E-state index < -0.39 is 0 Å². The van der Waals surface area contributed by atoms with E-state index in [9.17, 15) is 4.79 Å². The van der Waals surface area contributed by atoms with Crippen LogP contribution in [0, 0.1) is 0 Å². The summed E-state index contributed by atoms with van der Waals surface area (Å²) in [5, 5.41) is 8.29. The van der Waals surface area contributed by atoms with E-state index in [0.29, 0.717) is 43.3 Å².